The van der Waals surface area contributed by atoms with Crippen molar-refractivity contribution in [3.63, 3.8) is 0 Å². The molecule has 0 aliphatic heterocycles. The van der Waals surface area contributed by atoms with Crippen molar-refractivity contribution >= 4 is 16.7 Å². The lowest BCUT2D eigenvalue weighted by Crippen LogP contribution is -2.43. The predicted octanol–water partition coefficient (Wildman–Crippen LogP) is 4.50. The lowest BCUT2D eigenvalue weighted by Gasteiger charge is -2.20. The highest BCUT2D eigenvalue weighted by Crippen LogP contribution is 2.26. The molecule has 1 N–H and O–H groups in total. The van der Waals surface area contributed by atoms with E-state index < -0.39 is 6.10 Å². The number of ether oxygens (including phenoxy) is 2. The van der Waals surface area contributed by atoms with Gasteiger partial charge in [-0.15, -0.1) is 0 Å². The molecule has 0 saturated heterocycles. The minimum Gasteiger partial charge on any atom is -0.491 e. The van der Waals surface area contributed by atoms with Crippen molar-refractivity contribution in [3.05, 3.63) is 72.3 Å². The number of nitrogens with one attached hydrogen (secondary N) is 1. The zero-order chi connectivity index (χ0) is 19.2. The summed E-state index contributed by atoms with van der Waals surface area (Å²) in [5.41, 5.74) is 1.07. The molecule has 0 spiro atoms. The molecule has 0 saturated carbocycles. The van der Waals surface area contributed by atoms with Crippen LogP contribution in [0.4, 0.5) is 0 Å². The van der Waals surface area contributed by atoms with Gasteiger partial charge in [0.1, 0.15) is 18.1 Å². The fourth-order valence-electron chi connectivity index (χ4n) is 2.88. The number of fused-ring (bicyclic) bond motifs is 1. The Labute approximate surface area is 160 Å². The molecule has 3 aromatic rings. The molecule has 0 aliphatic carbocycles. The molecule has 3 rings (SSSR count). The van der Waals surface area contributed by atoms with Crippen molar-refractivity contribution in [1.82, 2.24) is 5.32 Å². The van der Waals surface area contributed by atoms with Gasteiger partial charge in [-0.3, -0.25) is 4.79 Å². The average Bonchev–Trinajstić information content (AvgIpc) is 2.67. The van der Waals surface area contributed by atoms with Crippen LogP contribution in [0, 0.1) is 6.92 Å². The van der Waals surface area contributed by atoms with Crippen molar-refractivity contribution in [2.75, 3.05) is 6.61 Å². The SMILES string of the molecule is Cc1ccccc1OC[C@@H](C)NC(=O)[C@@H](C)Oc1cccc2ccccc12. The molecule has 0 aliphatic rings. The van der Waals surface area contributed by atoms with E-state index in [9.17, 15) is 4.79 Å². The van der Waals surface area contributed by atoms with Crippen LogP contribution >= 0.6 is 0 Å². The van der Waals surface area contributed by atoms with Gasteiger partial charge in [0, 0.05) is 5.39 Å². The van der Waals surface area contributed by atoms with Crippen molar-refractivity contribution < 1.29 is 14.3 Å². The normalized spacial score (nSPS) is 13.0. The summed E-state index contributed by atoms with van der Waals surface area (Å²) in [7, 11) is 0. The van der Waals surface area contributed by atoms with E-state index in [2.05, 4.69) is 5.32 Å². The molecule has 0 heterocycles. The highest BCUT2D eigenvalue weighted by atomic mass is 16.5. The second-order valence-corrected chi connectivity index (χ2v) is 6.72. The third-order valence-electron chi connectivity index (χ3n) is 4.39. The molecular formula is C23H25NO3. The van der Waals surface area contributed by atoms with E-state index in [1.54, 1.807) is 6.92 Å². The van der Waals surface area contributed by atoms with E-state index in [0.29, 0.717) is 12.4 Å². The number of hydrogen-bond donors (Lipinski definition) is 1. The first kappa shape index (κ1) is 18.8. The number of aryl methyl sites for hydroxylation is 1. The standard InChI is InChI=1S/C23H25NO3/c1-16-9-4-7-13-21(16)26-15-17(2)24-23(25)18(3)27-22-14-8-11-19-10-5-6-12-20(19)22/h4-14,17-18H,15H2,1-3H3,(H,24,25)/t17-,18-/m1/s1. The first-order valence-corrected chi connectivity index (χ1v) is 9.18. The van der Waals surface area contributed by atoms with Gasteiger partial charge < -0.3 is 14.8 Å². The summed E-state index contributed by atoms with van der Waals surface area (Å²) < 4.78 is 11.7. The fourth-order valence-corrected chi connectivity index (χ4v) is 2.88. The quantitative estimate of drug-likeness (QED) is 0.672. The lowest BCUT2D eigenvalue weighted by molar-refractivity contribution is -0.128. The van der Waals surface area contributed by atoms with E-state index in [4.69, 9.17) is 9.47 Å². The molecule has 3 aromatic carbocycles. The molecule has 0 unspecified atom stereocenters. The molecule has 4 heteroatoms. The van der Waals surface area contributed by atoms with Crippen molar-refractivity contribution in [2.24, 2.45) is 0 Å². The van der Waals surface area contributed by atoms with Crippen LogP contribution in [0.2, 0.25) is 0 Å². The van der Waals surface area contributed by atoms with Crippen molar-refractivity contribution in [1.29, 1.82) is 0 Å². The molecule has 0 bridgehead atoms. The van der Waals surface area contributed by atoms with E-state index in [0.717, 1.165) is 22.1 Å². The average molecular weight is 363 g/mol. The summed E-state index contributed by atoms with van der Waals surface area (Å²) in [6.07, 6.45) is -0.600. The Morgan fingerprint density at radius 1 is 0.926 bits per heavy atom. The molecule has 4 nitrogen and oxygen atoms in total. The highest BCUT2D eigenvalue weighted by Gasteiger charge is 2.18. The molecule has 1 amide bonds. The van der Waals surface area contributed by atoms with Crippen molar-refractivity contribution in [2.45, 2.75) is 32.9 Å². The van der Waals surface area contributed by atoms with Gasteiger partial charge in [0.05, 0.1) is 6.04 Å². The number of benzene rings is 3. The maximum absolute atomic E-state index is 12.5. The largest absolute Gasteiger partial charge is 0.491 e. The number of carbonyl (C=O) groups is 1. The number of amides is 1. The van der Waals surface area contributed by atoms with Gasteiger partial charge in [0.15, 0.2) is 6.10 Å². The van der Waals surface area contributed by atoms with E-state index in [1.807, 2.05) is 80.6 Å². The van der Waals surface area contributed by atoms with Crippen LogP contribution in [-0.2, 0) is 4.79 Å². The van der Waals surface area contributed by atoms with Crippen LogP contribution in [0.25, 0.3) is 10.8 Å². The molecule has 0 fully saturated rings. The molecule has 0 aromatic heterocycles. The first-order chi connectivity index (χ1) is 13.0. The van der Waals surface area contributed by atoms with Gasteiger partial charge in [-0.05, 0) is 43.9 Å². The first-order valence-electron chi connectivity index (χ1n) is 9.18. The minimum atomic E-state index is -0.600. The van der Waals surface area contributed by atoms with Gasteiger partial charge in [0.2, 0.25) is 0 Å². The summed E-state index contributed by atoms with van der Waals surface area (Å²) in [5, 5.41) is 5.03. The number of rotatable bonds is 7. The van der Waals surface area contributed by atoms with E-state index >= 15 is 0 Å². The molecule has 27 heavy (non-hydrogen) atoms. The topological polar surface area (TPSA) is 47.6 Å². The summed E-state index contributed by atoms with van der Waals surface area (Å²) in [4.78, 5) is 12.5. The van der Waals surface area contributed by atoms with Crippen LogP contribution < -0.4 is 14.8 Å². The lowest BCUT2D eigenvalue weighted by atomic mass is 10.1. The Bertz CT molecular complexity index is 917. The zero-order valence-electron chi connectivity index (χ0n) is 15.9. The Morgan fingerprint density at radius 2 is 1.59 bits per heavy atom. The Kier molecular flexibility index (Phi) is 5.97. The van der Waals surface area contributed by atoms with E-state index in [1.165, 1.54) is 0 Å². The smallest absolute Gasteiger partial charge is 0.261 e. The molecule has 140 valence electrons. The van der Waals surface area contributed by atoms with Gasteiger partial charge in [-0.25, -0.2) is 0 Å². The second-order valence-electron chi connectivity index (χ2n) is 6.72. The van der Waals surface area contributed by atoms with Gasteiger partial charge in [0.25, 0.3) is 5.91 Å². The number of hydrogen-bond acceptors (Lipinski definition) is 3. The minimum absolute atomic E-state index is 0.129. The summed E-state index contributed by atoms with van der Waals surface area (Å²) in [6, 6.07) is 21.5. The third-order valence-corrected chi connectivity index (χ3v) is 4.39. The van der Waals surface area contributed by atoms with Crippen LogP contribution in [0.1, 0.15) is 19.4 Å². The van der Waals surface area contributed by atoms with Crippen LogP contribution in [0.15, 0.2) is 66.7 Å². The molecule has 0 radical (unpaired) electrons. The van der Waals surface area contributed by atoms with Crippen LogP contribution in [0.3, 0.4) is 0 Å². The monoisotopic (exact) mass is 363 g/mol. The Hall–Kier alpha value is -3.01. The Balaban J connectivity index is 1.56. The second kappa shape index (κ2) is 8.58. The number of para-hydroxylation sites is 1. The predicted molar refractivity (Wildman–Crippen MR) is 108 cm³/mol. The summed E-state index contributed by atoms with van der Waals surface area (Å²) in [5.74, 6) is 1.38. The summed E-state index contributed by atoms with van der Waals surface area (Å²) in [6.45, 7) is 6.07. The molecule has 2 atom stereocenters. The van der Waals surface area contributed by atoms with E-state index in [-0.39, 0.29) is 11.9 Å². The third kappa shape index (κ3) is 4.79. The fraction of sp³-hybridized carbons (Fsp3) is 0.261. The van der Waals surface area contributed by atoms with Gasteiger partial charge >= 0.3 is 0 Å². The van der Waals surface area contributed by atoms with Crippen LogP contribution in [-0.4, -0.2) is 24.7 Å². The summed E-state index contributed by atoms with van der Waals surface area (Å²) >= 11 is 0. The maximum Gasteiger partial charge on any atom is 0.261 e. The maximum atomic E-state index is 12.5. The van der Waals surface area contributed by atoms with Gasteiger partial charge in [-0.1, -0.05) is 54.6 Å². The zero-order valence-corrected chi connectivity index (χ0v) is 15.9. The highest BCUT2D eigenvalue weighted by molar-refractivity contribution is 5.89. The number of carbonyl (C=O) groups excluding carboxylic acids is 1. The molecular weight excluding hydrogens is 338 g/mol. The van der Waals surface area contributed by atoms with Crippen LogP contribution in [0.5, 0.6) is 11.5 Å². The van der Waals surface area contributed by atoms with Crippen molar-refractivity contribution in [3.8, 4) is 11.5 Å². The van der Waals surface area contributed by atoms with Gasteiger partial charge in [-0.2, -0.15) is 0 Å². The Morgan fingerprint density at radius 3 is 2.41 bits per heavy atom.